The highest BCUT2D eigenvalue weighted by atomic mass is 19.4. The SMILES string of the molecule is Cc1cc(C(F)(F)F)cc(O)c1-c1ccc(CN)nn1. The summed E-state index contributed by atoms with van der Waals surface area (Å²) in [6.07, 6.45) is -4.50. The van der Waals surface area contributed by atoms with E-state index in [2.05, 4.69) is 10.2 Å². The first-order valence-electron chi connectivity index (χ1n) is 5.76. The third-order valence-electron chi connectivity index (χ3n) is 2.83. The van der Waals surface area contributed by atoms with Crippen molar-refractivity contribution in [2.45, 2.75) is 19.6 Å². The van der Waals surface area contributed by atoms with E-state index in [1.54, 1.807) is 12.1 Å². The molecule has 7 heteroatoms. The third-order valence-corrected chi connectivity index (χ3v) is 2.83. The van der Waals surface area contributed by atoms with Crippen LogP contribution in [-0.2, 0) is 12.7 Å². The number of nitrogens with two attached hydrogens (primary N) is 1. The van der Waals surface area contributed by atoms with Gasteiger partial charge in [-0.1, -0.05) is 0 Å². The summed E-state index contributed by atoms with van der Waals surface area (Å²) in [7, 11) is 0. The van der Waals surface area contributed by atoms with Gasteiger partial charge in [0, 0.05) is 12.1 Å². The van der Waals surface area contributed by atoms with Crippen LogP contribution < -0.4 is 5.73 Å². The zero-order valence-electron chi connectivity index (χ0n) is 10.6. The van der Waals surface area contributed by atoms with E-state index in [-0.39, 0.29) is 17.7 Å². The minimum atomic E-state index is -4.50. The van der Waals surface area contributed by atoms with Gasteiger partial charge in [-0.15, -0.1) is 0 Å². The summed E-state index contributed by atoms with van der Waals surface area (Å²) in [4.78, 5) is 0. The number of alkyl halides is 3. The predicted octanol–water partition coefficient (Wildman–Crippen LogP) is 2.64. The van der Waals surface area contributed by atoms with Gasteiger partial charge in [0.1, 0.15) is 5.75 Å². The van der Waals surface area contributed by atoms with E-state index >= 15 is 0 Å². The van der Waals surface area contributed by atoms with Crippen LogP contribution >= 0.6 is 0 Å². The van der Waals surface area contributed by atoms with Crippen molar-refractivity contribution in [1.29, 1.82) is 0 Å². The molecule has 4 nitrogen and oxygen atoms in total. The van der Waals surface area contributed by atoms with Crippen molar-refractivity contribution in [3.8, 4) is 17.0 Å². The Morgan fingerprint density at radius 1 is 1.20 bits per heavy atom. The standard InChI is InChI=1S/C13H12F3N3O/c1-7-4-8(13(14,15)16)5-11(20)12(7)10-3-2-9(6-17)18-19-10/h2-5,20H,6,17H2,1H3. The van der Waals surface area contributed by atoms with Crippen LogP contribution in [0.3, 0.4) is 0 Å². The molecule has 0 fully saturated rings. The van der Waals surface area contributed by atoms with Crippen LogP contribution in [0.4, 0.5) is 13.2 Å². The Balaban J connectivity index is 2.52. The van der Waals surface area contributed by atoms with Crippen LogP contribution in [0.25, 0.3) is 11.3 Å². The van der Waals surface area contributed by atoms with E-state index in [9.17, 15) is 18.3 Å². The molecule has 0 unspecified atom stereocenters. The zero-order chi connectivity index (χ0) is 14.9. The van der Waals surface area contributed by atoms with Crippen molar-refractivity contribution in [3.63, 3.8) is 0 Å². The van der Waals surface area contributed by atoms with E-state index in [0.717, 1.165) is 6.07 Å². The number of aromatic nitrogens is 2. The Bertz CT molecular complexity index is 601. The summed E-state index contributed by atoms with van der Waals surface area (Å²) < 4.78 is 37.9. The highest BCUT2D eigenvalue weighted by Gasteiger charge is 2.32. The van der Waals surface area contributed by atoms with Crippen LogP contribution in [0.2, 0.25) is 0 Å². The van der Waals surface area contributed by atoms with Crippen LogP contribution in [-0.4, -0.2) is 15.3 Å². The van der Waals surface area contributed by atoms with Gasteiger partial charge in [0.25, 0.3) is 0 Å². The average molecular weight is 283 g/mol. The summed E-state index contributed by atoms with van der Waals surface area (Å²) >= 11 is 0. The van der Waals surface area contributed by atoms with Gasteiger partial charge in [0.05, 0.1) is 17.0 Å². The van der Waals surface area contributed by atoms with Crippen LogP contribution in [0.5, 0.6) is 5.75 Å². The molecule has 1 aromatic carbocycles. The topological polar surface area (TPSA) is 72.0 Å². The van der Waals surface area contributed by atoms with Crippen molar-refractivity contribution < 1.29 is 18.3 Å². The van der Waals surface area contributed by atoms with Gasteiger partial charge in [-0.2, -0.15) is 23.4 Å². The van der Waals surface area contributed by atoms with Crippen molar-refractivity contribution >= 4 is 0 Å². The normalized spacial score (nSPS) is 11.7. The molecule has 0 aliphatic carbocycles. The maximum atomic E-state index is 12.6. The fraction of sp³-hybridized carbons (Fsp3) is 0.231. The second kappa shape index (κ2) is 5.09. The van der Waals surface area contributed by atoms with E-state index in [1.807, 2.05) is 0 Å². The van der Waals surface area contributed by atoms with E-state index in [1.165, 1.54) is 6.92 Å². The second-order valence-corrected chi connectivity index (χ2v) is 4.30. The van der Waals surface area contributed by atoms with Gasteiger partial charge in [0.15, 0.2) is 0 Å². The molecule has 20 heavy (non-hydrogen) atoms. The molecular weight excluding hydrogens is 271 g/mol. The number of aromatic hydroxyl groups is 1. The molecule has 3 N–H and O–H groups in total. The fourth-order valence-electron chi connectivity index (χ4n) is 1.87. The smallest absolute Gasteiger partial charge is 0.416 e. The van der Waals surface area contributed by atoms with Crippen molar-refractivity contribution in [2.75, 3.05) is 0 Å². The molecule has 2 rings (SSSR count). The first-order valence-corrected chi connectivity index (χ1v) is 5.76. The molecule has 1 aromatic heterocycles. The van der Waals surface area contributed by atoms with E-state index < -0.39 is 17.5 Å². The lowest BCUT2D eigenvalue weighted by Crippen LogP contribution is -2.06. The van der Waals surface area contributed by atoms with Gasteiger partial charge in [-0.05, 0) is 36.8 Å². The van der Waals surface area contributed by atoms with Gasteiger partial charge in [-0.25, -0.2) is 0 Å². The monoisotopic (exact) mass is 283 g/mol. The highest BCUT2D eigenvalue weighted by molar-refractivity contribution is 5.71. The Morgan fingerprint density at radius 3 is 2.35 bits per heavy atom. The zero-order valence-corrected chi connectivity index (χ0v) is 10.6. The molecule has 0 aliphatic rings. The maximum Gasteiger partial charge on any atom is 0.416 e. The number of aryl methyl sites for hydroxylation is 1. The van der Waals surface area contributed by atoms with E-state index in [0.29, 0.717) is 17.5 Å². The van der Waals surface area contributed by atoms with Gasteiger partial charge in [0.2, 0.25) is 0 Å². The molecule has 1 heterocycles. The van der Waals surface area contributed by atoms with Crippen molar-refractivity contribution in [3.05, 3.63) is 41.1 Å². The fourth-order valence-corrected chi connectivity index (χ4v) is 1.87. The molecule has 0 amide bonds. The van der Waals surface area contributed by atoms with Gasteiger partial charge >= 0.3 is 6.18 Å². The molecule has 0 aliphatic heterocycles. The number of rotatable bonds is 2. The average Bonchev–Trinajstić information content (AvgIpc) is 2.37. The molecule has 0 bridgehead atoms. The summed E-state index contributed by atoms with van der Waals surface area (Å²) in [5, 5.41) is 17.5. The number of hydrogen-bond donors (Lipinski definition) is 2. The lowest BCUT2D eigenvalue weighted by molar-refractivity contribution is -0.137. The Hall–Kier alpha value is -2.15. The number of halogens is 3. The predicted molar refractivity (Wildman–Crippen MR) is 66.8 cm³/mol. The minimum Gasteiger partial charge on any atom is -0.507 e. The summed E-state index contributed by atoms with van der Waals surface area (Å²) in [5.74, 6) is -0.480. The van der Waals surface area contributed by atoms with Crippen LogP contribution in [0.15, 0.2) is 24.3 Å². The Kier molecular flexibility index (Phi) is 3.63. The molecular formula is C13H12F3N3O. The highest BCUT2D eigenvalue weighted by Crippen LogP contribution is 2.38. The lowest BCUT2D eigenvalue weighted by Gasteiger charge is -2.12. The molecule has 106 valence electrons. The Morgan fingerprint density at radius 2 is 1.90 bits per heavy atom. The number of hydrogen-bond acceptors (Lipinski definition) is 4. The maximum absolute atomic E-state index is 12.6. The largest absolute Gasteiger partial charge is 0.507 e. The quantitative estimate of drug-likeness (QED) is 0.888. The number of phenolic OH excluding ortho intramolecular Hbond substituents is 1. The summed E-state index contributed by atoms with van der Waals surface area (Å²) in [6.45, 7) is 1.69. The van der Waals surface area contributed by atoms with E-state index in [4.69, 9.17) is 5.73 Å². The minimum absolute atomic E-state index is 0.214. The lowest BCUT2D eigenvalue weighted by atomic mass is 10.0. The molecule has 0 atom stereocenters. The Labute approximate surface area is 113 Å². The number of benzene rings is 1. The van der Waals surface area contributed by atoms with Gasteiger partial charge in [-0.3, -0.25) is 0 Å². The third kappa shape index (κ3) is 2.72. The molecule has 0 radical (unpaired) electrons. The molecule has 0 saturated heterocycles. The first kappa shape index (κ1) is 14.3. The van der Waals surface area contributed by atoms with Gasteiger partial charge < -0.3 is 10.8 Å². The second-order valence-electron chi connectivity index (χ2n) is 4.30. The number of phenols is 1. The molecule has 0 saturated carbocycles. The number of nitrogens with zero attached hydrogens (tertiary/aromatic N) is 2. The first-order chi connectivity index (χ1) is 9.32. The van der Waals surface area contributed by atoms with Crippen molar-refractivity contribution in [1.82, 2.24) is 10.2 Å². The summed E-state index contributed by atoms with van der Waals surface area (Å²) in [6, 6.07) is 4.82. The molecule has 2 aromatic rings. The summed E-state index contributed by atoms with van der Waals surface area (Å²) in [5.41, 5.74) is 5.84. The van der Waals surface area contributed by atoms with Crippen LogP contribution in [0, 0.1) is 6.92 Å². The molecule has 0 spiro atoms. The van der Waals surface area contributed by atoms with Crippen molar-refractivity contribution in [2.24, 2.45) is 5.73 Å². The van der Waals surface area contributed by atoms with Crippen LogP contribution in [0.1, 0.15) is 16.8 Å².